The standard InChI is InChI=1S/C5H12NO4P/c1-4(2)5(7)6(3)11(8,9)10/h4H,1-3H3,(H2,8,9,10). The van der Waals surface area contributed by atoms with Gasteiger partial charge in [0.1, 0.15) is 0 Å². The fourth-order valence-electron chi connectivity index (χ4n) is 0.502. The summed E-state index contributed by atoms with van der Waals surface area (Å²) in [5.41, 5.74) is 0. The van der Waals surface area contributed by atoms with Crippen molar-refractivity contribution in [2.45, 2.75) is 13.8 Å². The number of carbonyl (C=O) groups is 1. The topological polar surface area (TPSA) is 77.8 Å². The van der Waals surface area contributed by atoms with Crippen molar-refractivity contribution in [3.8, 4) is 0 Å². The second kappa shape index (κ2) is 3.34. The Kier molecular flexibility index (Phi) is 3.23. The summed E-state index contributed by atoms with van der Waals surface area (Å²) in [5, 5.41) is 0. The first-order valence-electron chi connectivity index (χ1n) is 3.10. The van der Waals surface area contributed by atoms with Gasteiger partial charge in [0.25, 0.3) is 0 Å². The Labute approximate surface area is 65.2 Å². The highest BCUT2D eigenvalue weighted by Crippen LogP contribution is 2.38. The van der Waals surface area contributed by atoms with Crippen LogP contribution in [0.5, 0.6) is 0 Å². The molecule has 0 aromatic heterocycles. The van der Waals surface area contributed by atoms with Crippen LogP contribution in [0.25, 0.3) is 0 Å². The van der Waals surface area contributed by atoms with Gasteiger partial charge in [-0.1, -0.05) is 13.8 Å². The van der Waals surface area contributed by atoms with E-state index in [1.165, 1.54) is 0 Å². The van der Waals surface area contributed by atoms with E-state index in [9.17, 15) is 9.36 Å². The number of rotatable bonds is 2. The third kappa shape index (κ3) is 3.01. The molecule has 66 valence electrons. The van der Waals surface area contributed by atoms with Crippen molar-refractivity contribution in [2.24, 2.45) is 5.92 Å². The van der Waals surface area contributed by atoms with Crippen LogP contribution in [-0.4, -0.2) is 27.4 Å². The van der Waals surface area contributed by atoms with E-state index in [-0.39, 0.29) is 0 Å². The quantitative estimate of drug-likeness (QED) is 0.596. The molecule has 0 atom stereocenters. The number of amides is 1. The summed E-state index contributed by atoms with van der Waals surface area (Å²) in [6.07, 6.45) is 0. The molecule has 0 unspecified atom stereocenters. The second-order valence-corrected chi connectivity index (χ2v) is 4.16. The van der Waals surface area contributed by atoms with Crippen molar-refractivity contribution < 1.29 is 19.1 Å². The van der Waals surface area contributed by atoms with Gasteiger partial charge in [-0.2, -0.15) is 0 Å². The second-order valence-electron chi connectivity index (χ2n) is 2.53. The molecule has 0 saturated heterocycles. The van der Waals surface area contributed by atoms with Gasteiger partial charge in [-0.3, -0.25) is 9.46 Å². The maximum Gasteiger partial charge on any atom is 0.432 e. The van der Waals surface area contributed by atoms with Crippen LogP contribution in [-0.2, 0) is 9.36 Å². The number of hydrogen-bond acceptors (Lipinski definition) is 2. The summed E-state index contributed by atoms with van der Waals surface area (Å²) in [6, 6.07) is 0. The molecule has 0 saturated carbocycles. The zero-order valence-corrected chi connectivity index (χ0v) is 7.58. The lowest BCUT2D eigenvalue weighted by Crippen LogP contribution is -2.27. The van der Waals surface area contributed by atoms with Gasteiger partial charge in [-0.05, 0) is 0 Å². The van der Waals surface area contributed by atoms with Crippen molar-refractivity contribution in [1.29, 1.82) is 0 Å². The van der Waals surface area contributed by atoms with Crippen LogP contribution in [0.3, 0.4) is 0 Å². The minimum Gasteiger partial charge on any atom is -0.308 e. The average molecular weight is 181 g/mol. The summed E-state index contributed by atoms with van der Waals surface area (Å²) < 4.78 is 10.9. The van der Waals surface area contributed by atoms with E-state index in [1.807, 2.05) is 0 Å². The van der Waals surface area contributed by atoms with Crippen LogP contribution in [0.2, 0.25) is 0 Å². The average Bonchev–Trinajstić information content (AvgIpc) is 1.82. The third-order valence-electron chi connectivity index (χ3n) is 1.20. The molecular weight excluding hydrogens is 169 g/mol. The predicted molar refractivity (Wildman–Crippen MR) is 39.7 cm³/mol. The molecule has 0 aromatic rings. The van der Waals surface area contributed by atoms with E-state index in [0.29, 0.717) is 4.67 Å². The van der Waals surface area contributed by atoms with Crippen LogP contribution in [0.4, 0.5) is 0 Å². The van der Waals surface area contributed by atoms with Gasteiger partial charge in [0.15, 0.2) is 0 Å². The van der Waals surface area contributed by atoms with Gasteiger partial charge in [0.05, 0.1) is 0 Å². The smallest absolute Gasteiger partial charge is 0.308 e. The fourth-order valence-corrected chi connectivity index (χ4v) is 0.990. The van der Waals surface area contributed by atoms with Crippen molar-refractivity contribution in [3.63, 3.8) is 0 Å². The van der Waals surface area contributed by atoms with Crippen molar-refractivity contribution in [3.05, 3.63) is 0 Å². The zero-order chi connectivity index (χ0) is 9.23. The number of carbonyl (C=O) groups excluding carboxylic acids is 1. The van der Waals surface area contributed by atoms with E-state index in [1.54, 1.807) is 13.8 Å². The van der Waals surface area contributed by atoms with E-state index < -0.39 is 19.6 Å². The monoisotopic (exact) mass is 181 g/mol. The molecule has 0 aliphatic rings. The van der Waals surface area contributed by atoms with Gasteiger partial charge in [-0.25, -0.2) is 4.57 Å². The maximum atomic E-state index is 10.9. The van der Waals surface area contributed by atoms with Crippen LogP contribution >= 0.6 is 7.75 Å². The summed E-state index contributed by atoms with van der Waals surface area (Å²) in [5.74, 6) is -0.953. The fraction of sp³-hybridized carbons (Fsp3) is 0.800. The first kappa shape index (κ1) is 10.6. The largest absolute Gasteiger partial charge is 0.432 e. The predicted octanol–water partition coefficient (Wildman–Crippen LogP) is 0.194. The lowest BCUT2D eigenvalue weighted by Gasteiger charge is -2.19. The number of nitrogens with zero attached hydrogens (tertiary/aromatic N) is 1. The van der Waals surface area contributed by atoms with Gasteiger partial charge >= 0.3 is 7.75 Å². The number of hydrogen-bond donors (Lipinski definition) is 2. The van der Waals surface area contributed by atoms with Crippen molar-refractivity contribution in [1.82, 2.24) is 4.67 Å². The minimum atomic E-state index is -4.38. The molecule has 0 aliphatic carbocycles. The highest BCUT2D eigenvalue weighted by atomic mass is 31.2. The summed E-state index contributed by atoms with van der Waals surface area (Å²) in [6.45, 7) is 3.16. The SMILES string of the molecule is CC(C)C(=O)N(C)P(=O)(O)O. The van der Waals surface area contributed by atoms with Gasteiger partial charge in [0.2, 0.25) is 5.91 Å². The van der Waals surface area contributed by atoms with Gasteiger partial charge in [0, 0.05) is 13.0 Å². The molecule has 11 heavy (non-hydrogen) atoms. The van der Waals surface area contributed by atoms with Crippen molar-refractivity contribution >= 4 is 13.7 Å². The molecule has 0 spiro atoms. The Bertz CT molecular complexity index is 197. The van der Waals surface area contributed by atoms with E-state index in [2.05, 4.69) is 0 Å². The van der Waals surface area contributed by atoms with Crippen LogP contribution in [0, 0.1) is 5.92 Å². The van der Waals surface area contributed by atoms with Crippen LogP contribution < -0.4 is 0 Å². The third-order valence-corrected chi connectivity index (χ3v) is 2.18. The minimum absolute atomic E-state index is 0.396. The zero-order valence-electron chi connectivity index (χ0n) is 6.68. The molecule has 0 bridgehead atoms. The molecule has 0 radical (unpaired) electrons. The highest BCUT2D eigenvalue weighted by Gasteiger charge is 2.27. The molecule has 6 heteroatoms. The van der Waals surface area contributed by atoms with E-state index >= 15 is 0 Å². The molecule has 0 heterocycles. The maximum absolute atomic E-state index is 10.9. The highest BCUT2D eigenvalue weighted by molar-refractivity contribution is 7.49. The molecule has 1 amide bonds. The summed E-state index contributed by atoms with van der Waals surface area (Å²) in [4.78, 5) is 28.0. The Morgan fingerprint density at radius 1 is 1.45 bits per heavy atom. The molecule has 0 aromatic carbocycles. The van der Waals surface area contributed by atoms with E-state index in [0.717, 1.165) is 7.05 Å². The summed E-state index contributed by atoms with van der Waals surface area (Å²) in [7, 11) is -3.30. The first-order chi connectivity index (χ1) is 4.76. The summed E-state index contributed by atoms with van der Waals surface area (Å²) >= 11 is 0. The molecule has 0 rings (SSSR count). The molecule has 0 fully saturated rings. The lowest BCUT2D eigenvalue weighted by atomic mass is 10.2. The Balaban J connectivity index is 4.39. The molecular formula is C5H12NO4P. The van der Waals surface area contributed by atoms with Crippen LogP contribution in [0.1, 0.15) is 13.8 Å². The van der Waals surface area contributed by atoms with Crippen LogP contribution in [0.15, 0.2) is 0 Å². The Hall–Kier alpha value is -0.380. The van der Waals surface area contributed by atoms with Crippen molar-refractivity contribution in [2.75, 3.05) is 7.05 Å². The van der Waals surface area contributed by atoms with Gasteiger partial charge in [-0.15, -0.1) is 0 Å². The lowest BCUT2D eigenvalue weighted by molar-refractivity contribution is -0.129. The van der Waals surface area contributed by atoms with E-state index in [4.69, 9.17) is 9.79 Å². The normalized spacial score (nSPS) is 11.8. The Morgan fingerprint density at radius 2 is 1.82 bits per heavy atom. The molecule has 0 aliphatic heterocycles. The molecule has 2 N–H and O–H groups in total. The molecule has 5 nitrogen and oxygen atoms in total. The van der Waals surface area contributed by atoms with Gasteiger partial charge < -0.3 is 9.79 Å². The first-order valence-corrected chi connectivity index (χ1v) is 4.67. The Morgan fingerprint density at radius 3 is 1.91 bits per heavy atom.